The number of carbonyl (C=O) groups is 1. The van der Waals surface area contributed by atoms with Gasteiger partial charge in [-0.05, 0) is 26.0 Å². The highest BCUT2D eigenvalue weighted by Gasteiger charge is 2.34. The molecule has 1 aromatic heterocycles. The van der Waals surface area contributed by atoms with Crippen molar-refractivity contribution in [2.45, 2.75) is 43.6 Å². The van der Waals surface area contributed by atoms with Crippen molar-refractivity contribution in [3.05, 3.63) is 52.9 Å². The van der Waals surface area contributed by atoms with Gasteiger partial charge in [0, 0.05) is 23.6 Å². The van der Waals surface area contributed by atoms with Gasteiger partial charge in [0.05, 0.1) is 4.43 Å². The summed E-state index contributed by atoms with van der Waals surface area (Å²) < 4.78 is 5.95. The van der Waals surface area contributed by atoms with Crippen molar-refractivity contribution in [3.8, 4) is 0 Å². The summed E-state index contributed by atoms with van der Waals surface area (Å²) in [5, 5.41) is 10.5. The maximum Gasteiger partial charge on any atom is 0.273 e. The molecule has 25 heavy (non-hydrogen) atoms. The van der Waals surface area contributed by atoms with Gasteiger partial charge in [-0.3, -0.25) is 4.79 Å². The molecule has 5 nitrogen and oxygen atoms in total. The Balaban J connectivity index is 2.23. The number of rotatable bonds is 8. The van der Waals surface area contributed by atoms with Crippen molar-refractivity contribution in [2.75, 3.05) is 13.1 Å². The van der Waals surface area contributed by atoms with Gasteiger partial charge in [0.15, 0.2) is 5.69 Å². The molecule has 2 N–H and O–H groups in total. The van der Waals surface area contributed by atoms with Crippen LogP contribution >= 0.6 is 22.6 Å². The Morgan fingerprint density at radius 3 is 2.60 bits per heavy atom. The maximum atomic E-state index is 12.7. The maximum absolute atomic E-state index is 12.7. The Morgan fingerprint density at radius 2 is 2.04 bits per heavy atom. The number of nitrogens with zero attached hydrogens (tertiary/aromatic N) is 1. The van der Waals surface area contributed by atoms with Gasteiger partial charge in [0.25, 0.3) is 5.91 Å². The van der Waals surface area contributed by atoms with E-state index < -0.39 is 0 Å². The van der Waals surface area contributed by atoms with Crippen LogP contribution in [0, 0.1) is 6.92 Å². The summed E-state index contributed by atoms with van der Waals surface area (Å²) in [6, 6.07) is 10.2. The lowest BCUT2D eigenvalue weighted by Crippen LogP contribution is -2.52. The normalized spacial score (nSPS) is 14.8. The summed E-state index contributed by atoms with van der Waals surface area (Å²) in [4.78, 5) is 12.7. The van der Waals surface area contributed by atoms with Gasteiger partial charge in [-0.25, -0.2) is 0 Å². The van der Waals surface area contributed by atoms with Gasteiger partial charge in [0.2, 0.25) is 0 Å². The van der Waals surface area contributed by atoms with Crippen LogP contribution in [-0.4, -0.2) is 30.2 Å². The standard InChI is InChI=1S/C19H26IN3O2/c1-5-21-12-19(4,15-9-7-6-8-10-15)14(3)22-18(24)17-13(2)16(11-20)25-23-17/h6-10,14,21H,5,11-12H2,1-4H3,(H,22,24). The number of nitrogens with one attached hydrogen (secondary N) is 2. The highest BCUT2D eigenvalue weighted by Crippen LogP contribution is 2.27. The fraction of sp³-hybridized carbons (Fsp3) is 0.474. The van der Waals surface area contributed by atoms with Crippen LogP contribution in [0.15, 0.2) is 34.9 Å². The predicted molar refractivity (Wildman–Crippen MR) is 108 cm³/mol. The van der Waals surface area contributed by atoms with Gasteiger partial charge in [-0.15, -0.1) is 0 Å². The van der Waals surface area contributed by atoms with E-state index in [4.69, 9.17) is 4.52 Å². The zero-order valence-electron chi connectivity index (χ0n) is 15.2. The number of hydrogen-bond donors (Lipinski definition) is 2. The molecule has 1 amide bonds. The Kier molecular flexibility index (Phi) is 7.01. The van der Waals surface area contributed by atoms with Crippen LogP contribution in [-0.2, 0) is 9.84 Å². The second-order valence-electron chi connectivity index (χ2n) is 6.47. The lowest BCUT2D eigenvalue weighted by molar-refractivity contribution is 0.0911. The lowest BCUT2D eigenvalue weighted by atomic mass is 9.76. The molecule has 2 rings (SSSR count). The first-order valence-electron chi connectivity index (χ1n) is 8.52. The minimum absolute atomic E-state index is 0.0828. The highest BCUT2D eigenvalue weighted by atomic mass is 127. The molecule has 0 saturated carbocycles. The molecular formula is C19H26IN3O2. The van der Waals surface area contributed by atoms with Crippen LogP contribution in [0.25, 0.3) is 0 Å². The Bertz CT molecular complexity index is 702. The van der Waals surface area contributed by atoms with Gasteiger partial charge < -0.3 is 15.2 Å². The average molecular weight is 455 g/mol. The van der Waals surface area contributed by atoms with Gasteiger partial charge >= 0.3 is 0 Å². The molecule has 0 fully saturated rings. The van der Waals surface area contributed by atoms with Crippen molar-refractivity contribution in [1.29, 1.82) is 0 Å². The van der Waals surface area contributed by atoms with E-state index in [1.165, 1.54) is 5.56 Å². The molecule has 0 aliphatic rings. The molecule has 2 atom stereocenters. The topological polar surface area (TPSA) is 67.2 Å². The third-order valence-corrected chi connectivity index (χ3v) is 5.53. The van der Waals surface area contributed by atoms with Gasteiger partial charge in [-0.1, -0.05) is 71.9 Å². The summed E-state index contributed by atoms with van der Waals surface area (Å²) in [5.41, 5.74) is 2.13. The van der Waals surface area contributed by atoms with E-state index in [2.05, 4.69) is 64.4 Å². The molecular weight excluding hydrogens is 429 g/mol. The number of benzene rings is 1. The van der Waals surface area contributed by atoms with Crippen LogP contribution in [0.2, 0.25) is 0 Å². The fourth-order valence-electron chi connectivity index (χ4n) is 2.84. The van der Waals surface area contributed by atoms with Gasteiger partial charge in [0.1, 0.15) is 5.76 Å². The number of carbonyl (C=O) groups excluding carboxylic acids is 1. The Labute approximate surface area is 163 Å². The molecule has 2 aromatic rings. The lowest BCUT2D eigenvalue weighted by Gasteiger charge is -2.37. The molecule has 6 heteroatoms. The van der Waals surface area contributed by atoms with Crippen LogP contribution in [0.1, 0.15) is 48.1 Å². The summed E-state index contributed by atoms with van der Waals surface area (Å²) >= 11 is 2.20. The highest BCUT2D eigenvalue weighted by molar-refractivity contribution is 14.1. The van der Waals surface area contributed by atoms with Crippen molar-refractivity contribution >= 4 is 28.5 Å². The number of hydrogen-bond acceptors (Lipinski definition) is 4. The second kappa shape index (κ2) is 8.80. The largest absolute Gasteiger partial charge is 0.359 e. The number of aromatic nitrogens is 1. The smallest absolute Gasteiger partial charge is 0.273 e. The first-order valence-corrected chi connectivity index (χ1v) is 10.0. The monoisotopic (exact) mass is 455 g/mol. The van der Waals surface area contributed by atoms with E-state index in [1.807, 2.05) is 32.0 Å². The molecule has 2 unspecified atom stereocenters. The summed E-state index contributed by atoms with van der Waals surface area (Å²) in [6.07, 6.45) is 0. The zero-order valence-corrected chi connectivity index (χ0v) is 17.4. The minimum Gasteiger partial charge on any atom is -0.359 e. The predicted octanol–water partition coefficient (Wildman–Crippen LogP) is 3.60. The molecule has 1 aromatic carbocycles. The Morgan fingerprint density at radius 1 is 1.36 bits per heavy atom. The summed E-state index contributed by atoms with van der Waals surface area (Å²) in [7, 11) is 0. The number of alkyl halides is 1. The van der Waals surface area contributed by atoms with Crippen molar-refractivity contribution in [2.24, 2.45) is 0 Å². The van der Waals surface area contributed by atoms with Gasteiger partial charge in [-0.2, -0.15) is 0 Å². The molecule has 0 bridgehead atoms. The van der Waals surface area contributed by atoms with Crippen molar-refractivity contribution in [3.63, 3.8) is 0 Å². The molecule has 0 spiro atoms. The molecule has 0 aliphatic carbocycles. The van der Waals surface area contributed by atoms with E-state index in [-0.39, 0.29) is 17.4 Å². The third kappa shape index (κ3) is 4.41. The SMILES string of the molecule is CCNCC(C)(c1ccccc1)C(C)NC(=O)c1noc(CI)c1C. The molecule has 1 heterocycles. The zero-order chi connectivity index (χ0) is 18.4. The van der Waals surface area contributed by atoms with E-state index in [0.717, 1.165) is 24.4 Å². The molecule has 0 aliphatic heterocycles. The van der Waals surface area contributed by atoms with Crippen LogP contribution in [0.3, 0.4) is 0 Å². The quantitative estimate of drug-likeness (QED) is 0.472. The number of amides is 1. The molecule has 136 valence electrons. The number of halogens is 1. The summed E-state index contributed by atoms with van der Waals surface area (Å²) in [5.74, 6) is 0.556. The molecule has 0 radical (unpaired) electrons. The first kappa shape index (κ1) is 19.9. The third-order valence-electron chi connectivity index (χ3n) is 4.84. The van der Waals surface area contributed by atoms with Crippen molar-refractivity contribution < 1.29 is 9.32 Å². The first-order chi connectivity index (χ1) is 11.9. The fourth-order valence-corrected chi connectivity index (χ4v) is 3.55. The van der Waals surface area contributed by atoms with Crippen LogP contribution in [0.5, 0.6) is 0 Å². The number of likely N-dealkylation sites (N-methyl/N-ethyl adjacent to an activating group) is 1. The molecule has 0 saturated heterocycles. The minimum atomic E-state index is -0.239. The van der Waals surface area contributed by atoms with Crippen LogP contribution in [0.4, 0.5) is 0 Å². The second-order valence-corrected chi connectivity index (χ2v) is 7.23. The average Bonchev–Trinajstić information content (AvgIpc) is 3.00. The van der Waals surface area contributed by atoms with E-state index >= 15 is 0 Å². The van der Waals surface area contributed by atoms with Crippen LogP contribution < -0.4 is 10.6 Å². The van der Waals surface area contributed by atoms with Crippen molar-refractivity contribution in [1.82, 2.24) is 15.8 Å². The van der Waals surface area contributed by atoms with E-state index in [9.17, 15) is 4.79 Å². The van der Waals surface area contributed by atoms with E-state index in [1.54, 1.807) is 0 Å². The van der Waals surface area contributed by atoms with E-state index in [0.29, 0.717) is 10.1 Å². The summed E-state index contributed by atoms with van der Waals surface area (Å²) in [6.45, 7) is 9.81. The Hall–Kier alpha value is -1.41.